The molecule has 1 N–H and O–H groups in total. The van der Waals surface area contributed by atoms with Crippen LogP contribution in [0.3, 0.4) is 0 Å². The molecule has 1 atom stereocenters. The maximum Gasteiger partial charge on any atom is 0.357 e. The molecule has 0 radical (unpaired) electrons. The number of anilines is 1. The molecule has 0 bridgehead atoms. The SMILES string of the molecule is CCOP(=O)(OCC)C(Nc1ccccc1)c1ccc2c(c1)c1cc(Br)ccc1n2CC. The molecule has 0 amide bonds. The van der Waals surface area contributed by atoms with Crippen molar-refractivity contribution in [1.82, 2.24) is 4.57 Å². The van der Waals surface area contributed by atoms with Gasteiger partial charge in [0.2, 0.25) is 0 Å². The van der Waals surface area contributed by atoms with Gasteiger partial charge in [-0.05, 0) is 68.8 Å². The van der Waals surface area contributed by atoms with Gasteiger partial charge in [-0.25, -0.2) is 0 Å². The number of benzene rings is 3. The summed E-state index contributed by atoms with van der Waals surface area (Å²) in [6, 6.07) is 22.3. The van der Waals surface area contributed by atoms with Crippen LogP contribution in [0.4, 0.5) is 5.69 Å². The molecule has 0 aliphatic rings. The van der Waals surface area contributed by atoms with E-state index < -0.39 is 13.4 Å². The largest absolute Gasteiger partial charge is 0.368 e. The Hall–Kier alpha value is -2.11. The second-order valence-corrected chi connectivity index (χ2v) is 10.5. The summed E-state index contributed by atoms with van der Waals surface area (Å²) < 4.78 is 28.8. The quantitative estimate of drug-likeness (QED) is 0.230. The molecule has 7 heteroatoms. The Morgan fingerprint density at radius 1 is 0.906 bits per heavy atom. The summed E-state index contributed by atoms with van der Waals surface area (Å²) in [6.45, 7) is 7.28. The number of rotatable bonds is 9. The smallest absolute Gasteiger partial charge is 0.357 e. The number of aromatic nitrogens is 1. The van der Waals surface area contributed by atoms with Gasteiger partial charge in [0.1, 0.15) is 0 Å². The monoisotopic (exact) mass is 514 g/mol. The van der Waals surface area contributed by atoms with Crippen LogP contribution >= 0.6 is 23.5 Å². The van der Waals surface area contributed by atoms with Crippen molar-refractivity contribution in [3.63, 3.8) is 0 Å². The van der Waals surface area contributed by atoms with Gasteiger partial charge in [-0.15, -0.1) is 0 Å². The van der Waals surface area contributed by atoms with Crippen LogP contribution in [0.1, 0.15) is 32.1 Å². The molecule has 1 heterocycles. The molecule has 0 saturated heterocycles. The van der Waals surface area contributed by atoms with Crippen LogP contribution in [0.25, 0.3) is 21.8 Å². The summed E-state index contributed by atoms with van der Waals surface area (Å²) >= 11 is 3.61. The Labute approximate surface area is 197 Å². The number of hydrogen-bond acceptors (Lipinski definition) is 4. The zero-order chi connectivity index (χ0) is 22.7. The van der Waals surface area contributed by atoms with Crippen molar-refractivity contribution in [3.8, 4) is 0 Å². The predicted octanol–water partition coefficient (Wildman–Crippen LogP) is 7.95. The van der Waals surface area contributed by atoms with E-state index in [9.17, 15) is 4.57 Å². The van der Waals surface area contributed by atoms with Gasteiger partial charge in [0.15, 0.2) is 5.78 Å². The van der Waals surface area contributed by atoms with Gasteiger partial charge in [-0.1, -0.05) is 40.2 Å². The van der Waals surface area contributed by atoms with Crippen molar-refractivity contribution in [2.24, 2.45) is 0 Å². The molecule has 168 valence electrons. The van der Waals surface area contributed by atoms with Crippen LogP contribution < -0.4 is 5.32 Å². The highest BCUT2D eigenvalue weighted by molar-refractivity contribution is 9.10. The molecule has 4 rings (SSSR count). The second kappa shape index (κ2) is 9.80. The summed E-state index contributed by atoms with van der Waals surface area (Å²) in [7, 11) is -3.49. The first kappa shape index (κ1) is 23.1. The van der Waals surface area contributed by atoms with Crippen molar-refractivity contribution in [2.75, 3.05) is 18.5 Å². The molecule has 0 aliphatic carbocycles. The lowest BCUT2D eigenvalue weighted by Crippen LogP contribution is -2.15. The van der Waals surface area contributed by atoms with E-state index in [0.29, 0.717) is 13.2 Å². The lowest BCUT2D eigenvalue weighted by Gasteiger charge is -2.28. The molecule has 0 fully saturated rings. The first-order valence-corrected chi connectivity index (χ1v) is 13.3. The van der Waals surface area contributed by atoms with Crippen molar-refractivity contribution in [3.05, 3.63) is 76.8 Å². The first-order chi connectivity index (χ1) is 15.5. The van der Waals surface area contributed by atoms with Crippen LogP contribution in [0.5, 0.6) is 0 Å². The molecular formula is C25H28BrN2O3P. The second-order valence-electron chi connectivity index (χ2n) is 7.47. The summed E-state index contributed by atoms with van der Waals surface area (Å²) in [6.07, 6.45) is 0. The van der Waals surface area contributed by atoms with E-state index in [0.717, 1.165) is 38.6 Å². The van der Waals surface area contributed by atoms with Crippen molar-refractivity contribution in [1.29, 1.82) is 0 Å². The van der Waals surface area contributed by atoms with Crippen LogP contribution in [0.2, 0.25) is 0 Å². The zero-order valence-corrected chi connectivity index (χ0v) is 21.0. The zero-order valence-electron chi connectivity index (χ0n) is 18.5. The van der Waals surface area contributed by atoms with Gasteiger partial charge in [0.25, 0.3) is 0 Å². The Morgan fingerprint density at radius 2 is 1.53 bits per heavy atom. The Kier molecular flexibility index (Phi) is 7.06. The first-order valence-electron chi connectivity index (χ1n) is 10.9. The molecule has 1 unspecified atom stereocenters. The number of hydrogen-bond donors (Lipinski definition) is 1. The van der Waals surface area contributed by atoms with E-state index >= 15 is 0 Å². The summed E-state index contributed by atoms with van der Waals surface area (Å²) in [5.74, 6) is -0.638. The average Bonchev–Trinajstić information content (AvgIpc) is 3.10. The molecule has 1 aromatic heterocycles. The third kappa shape index (κ3) is 4.38. The van der Waals surface area contributed by atoms with Crippen LogP contribution in [-0.4, -0.2) is 17.8 Å². The van der Waals surface area contributed by atoms with E-state index in [1.807, 2.05) is 50.2 Å². The fourth-order valence-corrected chi connectivity index (χ4v) is 6.47. The number of aryl methyl sites for hydroxylation is 1. The van der Waals surface area contributed by atoms with E-state index in [1.54, 1.807) is 0 Å². The number of para-hydroxylation sites is 1. The minimum Gasteiger partial charge on any atom is -0.368 e. The molecule has 4 aromatic rings. The molecule has 32 heavy (non-hydrogen) atoms. The van der Waals surface area contributed by atoms with Crippen molar-refractivity contribution >= 4 is 51.0 Å². The Bertz CT molecular complexity index is 1260. The van der Waals surface area contributed by atoms with Crippen LogP contribution in [-0.2, 0) is 20.2 Å². The minimum atomic E-state index is -3.49. The normalized spacial score (nSPS) is 13.0. The van der Waals surface area contributed by atoms with Crippen molar-refractivity contribution < 1.29 is 13.6 Å². The molecular weight excluding hydrogens is 487 g/mol. The van der Waals surface area contributed by atoms with E-state index in [4.69, 9.17) is 9.05 Å². The highest BCUT2D eigenvalue weighted by Gasteiger charge is 2.37. The van der Waals surface area contributed by atoms with Gasteiger partial charge in [-0.2, -0.15) is 0 Å². The van der Waals surface area contributed by atoms with Gasteiger partial charge in [0.05, 0.1) is 13.2 Å². The van der Waals surface area contributed by atoms with Crippen molar-refractivity contribution in [2.45, 2.75) is 33.1 Å². The Morgan fingerprint density at radius 3 is 2.16 bits per heavy atom. The van der Waals surface area contributed by atoms with E-state index in [1.165, 1.54) is 5.52 Å². The number of fused-ring (bicyclic) bond motifs is 3. The Balaban J connectivity index is 1.91. The molecule has 3 aromatic carbocycles. The third-order valence-corrected chi connectivity index (χ3v) is 8.28. The fourth-order valence-electron chi connectivity index (χ4n) is 4.19. The number of halogens is 1. The van der Waals surface area contributed by atoms with E-state index in [2.05, 4.69) is 63.1 Å². The number of nitrogens with zero attached hydrogens (tertiary/aromatic N) is 1. The number of nitrogens with one attached hydrogen (secondary N) is 1. The standard InChI is InChI=1S/C25H28BrN2O3P/c1-4-28-23-14-12-18(16-21(23)22-17-19(26)13-15-24(22)28)25(27-20-10-8-7-9-11-20)32(29,30-5-2)31-6-3/h7-17,25,27H,4-6H2,1-3H3. The topological polar surface area (TPSA) is 52.5 Å². The van der Waals surface area contributed by atoms with E-state index in [-0.39, 0.29) is 0 Å². The highest BCUT2D eigenvalue weighted by Crippen LogP contribution is 2.61. The van der Waals surface area contributed by atoms with Gasteiger partial charge in [0, 0.05) is 38.5 Å². The predicted molar refractivity (Wildman–Crippen MR) is 136 cm³/mol. The highest BCUT2D eigenvalue weighted by atomic mass is 79.9. The fraction of sp³-hybridized carbons (Fsp3) is 0.280. The summed E-state index contributed by atoms with van der Waals surface area (Å²) in [5, 5.41) is 5.68. The molecule has 5 nitrogen and oxygen atoms in total. The van der Waals surface area contributed by atoms with Gasteiger partial charge < -0.3 is 18.9 Å². The third-order valence-electron chi connectivity index (χ3n) is 5.49. The van der Waals surface area contributed by atoms with Gasteiger partial charge >= 0.3 is 7.60 Å². The maximum absolute atomic E-state index is 13.9. The summed E-state index contributed by atoms with van der Waals surface area (Å²) in [4.78, 5) is 0. The maximum atomic E-state index is 13.9. The lowest BCUT2D eigenvalue weighted by molar-refractivity contribution is 0.214. The van der Waals surface area contributed by atoms with Crippen LogP contribution in [0.15, 0.2) is 71.2 Å². The lowest BCUT2D eigenvalue weighted by atomic mass is 10.1. The van der Waals surface area contributed by atoms with Crippen LogP contribution in [0, 0.1) is 0 Å². The molecule has 0 spiro atoms. The summed E-state index contributed by atoms with van der Waals surface area (Å²) in [5.41, 5.74) is 4.04. The minimum absolute atomic E-state index is 0.300. The average molecular weight is 515 g/mol. The van der Waals surface area contributed by atoms with Gasteiger partial charge in [-0.3, -0.25) is 4.57 Å². The molecule has 0 saturated carbocycles. The molecule has 0 aliphatic heterocycles.